The zero-order valence-electron chi connectivity index (χ0n) is 17.0. The van der Waals surface area contributed by atoms with Gasteiger partial charge in [0.1, 0.15) is 5.75 Å². The van der Waals surface area contributed by atoms with Crippen LogP contribution in [0.25, 0.3) is 0 Å². The third-order valence-corrected chi connectivity index (χ3v) is 4.74. The van der Waals surface area contributed by atoms with Crippen LogP contribution in [0.5, 0.6) is 5.75 Å². The Balaban J connectivity index is 1.57. The molecule has 0 aromatic heterocycles. The monoisotopic (exact) mass is 409 g/mol. The van der Waals surface area contributed by atoms with Crippen LogP contribution >= 0.6 is 0 Å². The molecule has 1 aliphatic rings. The van der Waals surface area contributed by atoms with Crippen molar-refractivity contribution in [3.05, 3.63) is 64.7 Å². The van der Waals surface area contributed by atoms with Gasteiger partial charge in [0.2, 0.25) is 0 Å². The molecule has 0 radical (unpaired) electrons. The highest BCUT2D eigenvalue weighted by Crippen LogP contribution is 2.25. The van der Waals surface area contributed by atoms with Gasteiger partial charge in [0, 0.05) is 24.7 Å². The van der Waals surface area contributed by atoms with E-state index in [0.29, 0.717) is 16.9 Å². The van der Waals surface area contributed by atoms with E-state index in [1.165, 1.54) is 30.2 Å². The van der Waals surface area contributed by atoms with E-state index in [9.17, 15) is 19.2 Å². The Morgan fingerprint density at radius 3 is 2.23 bits per heavy atom. The molecule has 2 aromatic rings. The Bertz CT molecular complexity index is 1020. The number of carbonyl (C=O) groups excluding carboxylic acids is 4. The normalized spacial score (nSPS) is 12.7. The number of benzene rings is 2. The van der Waals surface area contributed by atoms with Crippen molar-refractivity contribution in [1.82, 2.24) is 15.5 Å². The Morgan fingerprint density at radius 2 is 1.57 bits per heavy atom. The Hall–Kier alpha value is -3.68. The number of fused-ring (bicyclic) bond motifs is 1. The summed E-state index contributed by atoms with van der Waals surface area (Å²) in [7, 11) is 1.49. The summed E-state index contributed by atoms with van der Waals surface area (Å²) in [6, 6.07) is 11.0. The van der Waals surface area contributed by atoms with E-state index in [-0.39, 0.29) is 42.1 Å². The summed E-state index contributed by atoms with van der Waals surface area (Å²) in [5.74, 6) is -0.990. The molecule has 0 fully saturated rings. The molecule has 4 amide bonds. The van der Waals surface area contributed by atoms with Gasteiger partial charge in [-0.25, -0.2) is 0 Å². The maximum Gasteiger partial charge on any atom is 0.261 e. The number of hydrogen-bond donors (Lipinski definition) is 2. The first-order chi connectivity index (χ1) is 14.3. The smallest absolute Gasteiger partial charge is 0.261 e. The van der Waals surface area contributed by atoms with Gasteiger partial charge < -0.3 is 15.4 Å². The number of methoxy groups -OCH3 is 1. The highest BCUT2D eigenvalue weighted by molar-refractivity contribution is 6.22. The van der Waals surface area contributed by atoms with E-state index >= 15 is 0 Å². The number of imide groups is 1. The average molecular weight is 409 g/mol. The molecule has 0 unspecified atom stereocenters. The topological polar surface area (TPSA) is 105 Å². The lowest BCUT2D eigenvalue weighted by molar-refractivity contribution is 0.0608. The van der Waals surface area contributed by atoms with Crippen molar-refractivity contribution in [3.8, 4) is 5.75 Å². The molecular formula is C22H23N3O5. The molecule has 156 valence electrons. The van der Waals surface area contributed by atoms with Crippen molar-refractivity contribution in [2.24, 2.45) is 0 Å². The standard InChI is InChI=1S/C22H23N3O5/c1-13(2)25-21(28)15-9-8-14(12-17(15)22(25)29)19(26)23-10-11-24-20(27)16-6-4-5-7-18(16)30-3/h4-9,12-13H,10-11H2,1-3H3,(H,23,26)(H,24,27). The van der Waals surface area contributed by atoms with E-state index in [1.807, 2.05) is 0 Å². The molecule has 3 rings (SSSR count). The maximum absolute atomic E-state index is 12.5. The minimum absolute atomic E-state index is 0.196. The number of amides is 4. The van der Waals surface area contributed by atoms with Crippen molar-refractivity contribution >= 4 is 23.6 Å². The first-order valence-electron chi connectivity index (χ1n) is 9.56. The van der Waals surface area contributed by atoms with E-state index in [4.69, 9.17) is 4.74 Å². The molecule has 2 aromatic carbocycles. The fourth-order valence-corrected chi connectivity index (χ4v) is 3.25. The second-order valence-corrected chi connectivity index (χ2v) is 7.05. The van der Waals surface area contributed by atoms with Gasteiger partial charge in [-0.2, -0.15) is 0 Å². The minimum atomic E-state index is -0.399. The third-order valence-electron chi connectivity index (χ3n) is 4.74. The lowest BCUT2D eigenvalue weighted by atomic mass is 10.1. The fourth-order valence-electron chi connectivity index (χ4n) is 3.25. The highest BCUT2D eigenvalue weighted by Gasteiger charge is 2.37. The molecule has 0 saturated heterocycles. The largest absolute Gasteiger partial charge is 0.496 e. The summed E-state index contributed by atoms with van der Waals surface area (Å²) in [6.45, 7) is 3.93. The molecule has 2 N–H and O–H groups in total. The summed E-state index contributed by atoms with van der Waals surface area (Å²) >= 11 is 0. The van der Waals surface area contributed by atoms with E-state index < -0.39 is 11.8 Å². The van der Waals surface area contributed by atoms with Crippen molar-refractivity contribution in [2.45, 2.75) is 19.9 Å². The van der Waals surface area contributed by atoms with Gasteiger partial charge in [-0.3, -0.25) is 24.1 Å². The van der Waals surface area contributed by atoms with Crippen LogP contribution in [-0.2, 0) is 0 Å². The van der Waals surface area contributed by atoms with Crippen LogP contribution in [0.1, 0.15) is 55.3 Å². The van der Waals surface area contributed by atoms with Gasteiger partial charge in [0.15, 0.2) is 0 Å². The van der Waals surface area contributed by atoms with Crippen LogP contribution in [-0.4, -0.2) is 54.8 Å². The highest BCUT2D eigenvalue weighted by atomic mass is 16.5. The summed E-state index contributed by atoms with van der Waals surface area (Å²) in [6.07, 6.45) is 0. The summed E-state index contributed by atoms with van der Waals surface area (Å²) in [4.78, 5) is 50.6. The van der Waals surface area contributed by atoms with Crippen molar-refractivity contribution in [3.63, 3.8) is 0 Å². The SMILES string of the molecule is COc1ccccc1C(=O)NCCNC(=O)c1ccc2c(c1)C(=O)N(C(C)C)C2=O. The molecule has 0 aliphatic carbocycles. The number of ether oxygens (including phenoxy) is 1. The number of rotatable bonds is 7. The molecule has 8 heteroatoms. The summed E-state index contributed by atoms with van der Waals surface area (Å²) < 4.78 is 5.16. The number of nitrogens with zero attached hydrogens (tertiary/aromatic N) is 1. The zero-order chi connectivity index (χ0) is 21.8. The number of nitrogens with one attached hydrogen (secondary N) is 2. The fraction of sp³-hybridized carbons (Fsp3) is 0.273. The molecule has 0 atom stereocenters. The molecule has 8 nitrogen and oxygen atoms in total. The van der Waals surface area contributed by atoms with Gasteiger partial charge >= 0.3 is 0 Å². The minimum Gasteiger partial charge on any atom is -0.496 e. The Kier molecular flexibility index (Phi) is 6.15. The second kappa shape index (κ2) is 8.77. The lowest BCUT2D eigenvalue weighted by Crippen LogP contribution is -2.36. The molecule has 30 heavy (non-hydrogen) atoms. The molecule has 0 saturated carbocycles. The van der Waals surface area contributed by atoms with Gasteiger partial charge in [-0.05, 0) is 44.2 Å². The van der Waals surface area contributed by atoms with Crippen LogP contribution in [0.15, 0.2) is 42.5 Å². The summed E-state index contributed by atoms with van der Waals surface area (Å²) in [5.41, 5.74) is 1.21. The van der Waals surface area contributed by atoms with Crippen LogP contribution in [0.3, 0.4) is 0 Å². The Morgan fingerprint density at radius 1 is 0.933 bits per heavy atom. The van der Waals surface area contributed by atoms with E-state index in [0.717, 1.165) is 0 Å². The van der Waals surface area contributed by atoms with Gasteiger partial charge in [0.05, 0.1) is 23.8 Å². The Labute approximate surface area is 174 Å². The van der Waals surface area contributed by atoms with Crippen molar-refractivity contribution in [1.29, 1.82) is 0 Å². The van der Waals surface area contributed by atoms with Crippen molar-refractivity contribution < 1.29 is 23.9 Å². The molecular weight excluding hydrogens is 386 g/mol. The number of carbonyl (C=O) groups is 4. The molecule has 1 heterocycles. The zero-order valence-corrected chi connectivity index (χ0v) is 17.0. The summed E-state index contributed by atoms with van der Waals surface area (Å²) in [5, 5.41) is 5.41. The van der Waals surface area contributed by atoms with Crippen LogP contribution < -0.4 is 15.4 Å². The third kappa shape index (κ3) is 4.03. The van der Waals surface area contributed by atoms with Gasteiger partial charge in [-0.1, -0.05) is 12.1 Å². The van der Waals surface area contributed by atoms with Crippen LogP contribution in [0, 0.1) is 0 Å². The predicted molar refractivity (Wildman–Crippen MR) is 110 cm³/mol. The molecule has 0 spiro atoms. The first kappa shape index (κ1) is 21.0. The van der Waals surface area contributed by atoms with Crippen LogP contribution in [0.2, 0.25) is 0 Å². The second-order valence-electron chi connectivity index (χ2n) is 7.05. The number of hydrogen-bond acceptors (Lipinski definition) is 5. The average Bonchev–Trinajstić information content (AvgIpc) is 3.00. The van der Waals surface area contributed by atoms with Crippen LogP contribution in [0.4, 0.5) is 0 Å². The molecule has 0 bridgehead atoms. The van der Waals surface area contributed by atoms with Gasteiger partial charge in [0.25, 0.3) is 23.6 Å². The maximum atomic E-state index is 12.5. The van der Waals surface area contributed by atoms with Gasteiger partial charge in [-0.15, -0.1) is 0 Å². The van der Waals surface area contributed by atoms with E-state index in [1.54, 1.807) is 38.1 Å². The molecule has 1 aliphatic heterocycles. The van der Waals surface area contributed by atoms with E-state index in [2.05, 4.69) is 10.6 Å². The first-order valence-corrected chi connectivity index (χ1v) is 9.56. The lowest BCUT2D eigenvalue weighted by Gasteiger charge is -2.17. The van der Waals surface area contributed by atoms with Crippen molar-refractivity contribution in [2.75, 3.05) is 20.2 Å². The number of para-hydroxylation sites is 1. The quantitative estimate of drug-likeness (QED) is 0.537. The predicted octanol–water partition coefficient (Wildman–Crippen LogP) is 1.86.